The fourth-order valence-corrected chi connectivity index (χ4v) is 2.81. The lowest BCUT2D eigenvalue weighted by atomic mass is 10.1. The van der Waals surface area contributed by atoms with Crippen molar-refractivity contribution in [3.05, 3.63) is 12.7 Å². The molecule has 1 atom stereocenters. The summed E-state index contributed by atoms with van der Waals surface area (Å²) in [6.07, 6.45) is 4.10. The van der Waals surface area contributed by atoms with E-state index in [4.69, 9.17) is 0 Å². The van der Waals surface area contributed by atoms with Gasteiger partial charge in [-0.1, -0.05) is 6.08 Å². The first kappa shape index (κ1) is 14.9. The summed E-state index contributed by atoms with van der Waals surface area (Å²) in [5.74, 6) is 0.146. The smallest absolute Gasteiger partial charge is 0.212 e. The molecule has 0 amide bonds. The van der Waals surface area contributed by atoms with Gasteiger partial charge in [-0.25, -0.2) is 13.1 Å². The van der Waals surface area contributed by atoms with Crippen LogP contribution >= 0.6 is 12.4 Å². The largest absolute Gasteiger partial charge is 0.315 e. The van der Waals surface area contributed by atoms with Gasteiger partial charge in [-0.05, 0) is 25.8 Å². The highest BCUT2D eigenvalue weighted by Crippen LogP contribution is 2.03. The molecule has 0 aromatic carbocycles. The maximum absolute atomic E-state index is 11.5. The normalized spacial score (nSPS) is 21.7. The van der Waals surface area contributed by atoms with Crippen LogP contribution in [0.3, 0.4) is 0 Å². The number of rotatable bonds is 5. The molecule has 0 radical (unpaired) electrons. The molecule has 90 valence electrons. The zero-order chi connectivity index (χ0) is 10.4. The molecule has 2 N–H and O–H groups in total. The van der Waals surface area contributed by atoms with Crippen molar-refractivity contribution in [2.75, 3.05) is 18.8 Å². The summed E-state index contributed by atoms with van der Waals surface area (Å²) in [7, 11) is -3.10. The summed E-state index contributed by atoms with van der Waals surface area (Å²) in [5, 5.41) is 3.17. The zero-order valence-corrected chi connectivity index (χ0v) is 10.4. The third-order valence-electron chi connectivity index (χ3n) is 2.23. The average molecular weight is 255 g/mol. The van der Waals surface area contributed by atoms with E-state index in [1.54, 1.807) is 6.08 Å². The predicted octanol–water partition coefficient (Wildman–Crippen LogP) is 0.656. The number of piperidine rings is 1. The van der Waals surface area contributed by atoms with Gasteiger partial charge in [0.1, 0.15) is 0 Å². The number of nitrogens with one attached hydrogen (secondary N) is 2. The van der Waals surface area contributed by atoms with Crippen LogP contribution in [0.25, 0.3) is 0 Å². The molecule has 1 saturated heterocycles. The molecule has 1 heterocycles. The molecule has 0 aromatic heterocycles. The molecule has 0 spiro atoms. The highest BCUT2D eigenvalue weighted by molar-refractivity contribution is 7.89. The zero-order valence-electron chi connectivity index (χ0n) is 8.74. The third kappa shape index (κ3) is 6.14. The van der Waals surface area contributed by atoms with Crippen LogP contribution in [0.1, 0.15) is 19.3 Å². The molecule has 0 saturated carbocycles. The topological polar surface area (TPSA) is 58.2 Å². The van der Waals surface area contributed by atoms with Gasteiger partial charge in [-0.3, -0.25) is 0 Å². The molecule has 0 aromatic rings. The standard InChI is InChI=1S/C9H18N2O2S.ClH/c1-2-3-7-14(12,13)11-9-5-4-6-10-8-9;/h2,9-11H,1,3-8H2;1H/t9-;/m0./s1. The fraction of sp³-hybridized carbons (Fsp3) is 0.778. The van der Waals surface area contributed by atoms with E-state index in [0.29, 0.717) is 6.42 Å². The van der Waals surface area contributed by atoms with Gasteiger partial charge in [0.2, 0.25) is 10.0 Å². The Labute approximate surface area is 98.0 Å². The van der Waals surface area contributed by atoms with Crippen LogP contribution in [0, 0.1) is 0 Å². The maximum atomic E-state index is 11.5. The Morgan fingerprint density at radius 2 is 2.27 bits per heavy atom. The molecule has 0 unspecified atom stereocenters. The van der Waals surface area contributed by atoms with E-state index in [0.717, 1.165) is 25.9 Å². The van der Waals surface area contributed by atoms with Crippen LogP contribution in [0.4, 0.5) is 0 Å². The van der Waals surface area contributed by atoms with Crippen LogP contribution in [-0.4, -0.2) is 33.3 Å². The summed E-state index contributed by atoms with van der Waals surface area (Å²) in [6.45, 7) is 5.24. The molecule has 4 nitrogen and oxygen atoms in total. The Morgan fingerprint density at radius 1 is 1.53 bits per heavy atom. The van der Waals surface area contributed by atoms with Gasteiger partial charge in [-0.2, -0.15) is 0 Å². The quantitative estimate of drug-likeness (QED) is 0.709. The van der Waals surface area contributed by atoms with Gasteiger partial charge in [0.25, 0.3) is 0 Å². The number of sulfonamides is 1. The van der Waals surface area contributed by atoms with Crippen molar-refractivity contribution in [1.82, 2.24) is 10.0 Å². The van der Waals surface area contributed by atoms with E-state index >= 15 is 0 Å². The minimum atomic E-state index is -3.10. The van der Waals surface area contributed by atoms with Crippen LogP contribution < -0.4 is 10.0 Å². The number of hydrogen-bond donors (Lipinski definition) is 2. The van der Waals surface area contributed by atoms with Crippen LogP contribution in [0.2, 0.25) is 0 Å². The molecule has 6 heteroatoms. The Balaban J connectivity index is 0.00000196. The van der Waals surface area contributed by atoms with E-state index < -0.39 is 10.0 Å². The lowest BCUT2D eigenvalue weighted by Crippen LogP contribution is -2.46. The van der Waals surface area contributed by atoms with Gasteiger partial charge < -0.3 is 5.32 Å². The molecule has 0 aliphatic carbocycles. The van der Waals surface area contributed by atoms with Gasteiger partial charge in [0, 0.05) is 12.6 Å². The molecule has 1 rings (SSSR count). The SMILES string of the molecule is C=CCCS(=O)(=O)N[C@H]1CCCNC1.Cl. The Bertz CT molecular complexity index is 274. The number of halogens is 1. The lowest BCUT2D eigenvalue weighted by Gasteiger charge is -2.23. The molecular weight excluding hydrogens is 236 g/mol. The van der Waals surface area contributed by atoms with Crippen LogP contribution in [0.15, 0.2) is 12.7 Å². The summed E-state index contributed by atoms with van der Waals surface area (Å²) in [4.78, 5) is 0. The van der Waals surface area contributed by atoms with Crippen molar-refractivity contribution in [2.24, 2.45) is 0 Å². The summed E-state index contributed by atoms with van der Waals surface area (Å²) in [5.41, 5.74) is 0. The maximum Gasteiger partial charge on any atom is 0.212 e. The Kier molecular flexibility index (Phi) is 7.17. The first-order chi connectivity index (χ1) is 6.64. The second-order valence-corrected chi connectivity index (χ2v) is 5.43. The monoisotopic (exact) mass is 254 g/mol. The first-order valence-corrected chi connectivity index (χ1v) is 6.61. The van der Waals surface area contributed by atoms with Crippen molar-refractivity contribution in [3.8, 4) is 0 Å². The van der Waals surface area contributed by atoms with Crippen molar-refractivity contribution in [2.45, 2.75) is 25.3 Å². The highest BCUT2D eigenvalue weighted by Gasteiger charge is 2.18. The summed E-state index contributed by atoms with van der Waals surface area (Å²) in [6, 6.07) is 0.0681. The highest BCUT2D eigenvalue weighted by atomic mass is 35.5. The number of hydrogen-bond acceptors (Lipinski definition) is 3. The van der Waals surface area contributed by atoms with Gasteiger partial charge in [-0.15, -0.1) is 19.0 Å². The van der Waals surface area contributed by atoms with Crippen LogP contribution in [0.5, 0.6) is 0 Å². The fourth-order valence-electron chi connectivity index (χ4n) is 1.50. The van der Waals surface area contributed by atoms with Crippen molar-refractivity contribution < 1.29 is 8.42 Å². The van der Waals surface area contributed by atoms with Crippen molar-refractivity contribution >= 4 is 22.4 Å². The van der Waals surface area contributed by atoms with E-state index in [9.17, 15) is 8.42 Å². The minimum Gasteiger partial charge on any atom is -0.315 e. The van der Waals surface area contributed by atoms with Gasteiger partial charge in [0.15, 0.2) is 0 Å². The summed E-state index contributed by atoms with van der Waals surface area (Å²) >= 11 is 0. The number of allylic oxidation sites excluding steroid dienone is 1. The predicted molar refractivity (Wildman–Crippen MR) is 64.9 cm³/mol. The Hall–Kier alpha value is -0.100. The first-order valence-electron chi connectivity index (χ1n) is 4.95. The van der Waals surface area contributed by atoms with E-state index in [1.165, 1.54) is 0 Å². The van der Waals surface area contributed by atoms with Crippen LogP contribution in [-0.2, 0) is 10.0 Å². The molecule has 0 bridgehead atoms. The average Bonchev–Trinajstić information content (AvgIpc) is 2.16. The molecule has 1 aliphatic rings. The van der Waals surface area contributed by atoms with Crippen molar-refractivity contribution in [1.29, 1.82) is 0 Å². The van der Waals surface area contributed by atoms with E-state index in [-0.39, 0.29) is 24.2 Å². The second-order valence-electron chi connectivity index (χ2n) is 3.56. The van der Waals surface area contributed by atoms with Crippen molar-refractivity contribution in [3.63, 3.8) is 0 Å². The summed E-state index contributed by atoms with van der Waals surface area (Å²) < 4.78 is 25.6. The second kappa shape index (κ2) is 7.22. The van der Waals surface area contributed by atoms with Gasteiger partial charge in [0.05, 0.1) is 5.75 Å². The molecule has 15 heavy (non-hydrogen) atoms. The molecular formula is C9H19ClN2O2S. The lowest BCUT2D eigenvalue weighted by molar-refractivity contribution is 0.428. The van der Waals surface area contributed by atoms with E-state index in [2.05, 4.69) is 16.6 Å². The molecule has 1 fully saturated rings. The van der Waals surface area contributed by atoms with Gasteiger partial charge >= 0.3 is 0 Å². The third-order valence-corrected chi connectivity index (χ3v) is 3.70. The minimum absolute atomic E-state index is 0. The Morgan fingerprint density at radius 3 is 2.80 bits per heavy atom. The molecule has 1 aliphatic heterocycles. The van der Waals surface area contributed by atoms with E-state index in [1.807, 2.05) is 0 Å².